The third kappa shape index (κ3) is 5.82. The zero-order chi connectivity index (χ0) is 27.2. The molecule has 1 aromatic heterocycles. The summed E-state index contributed by atoms with van der Waals surface area (Å²) in [4.78, 5) is 27.1. The Hall–Kier alpha value is -4.27. The summed E-state index contributed by atoms with van der Waals surface area (Å²) >= 11 is 0. The van der Waals surface area contributed by atoms with Gasteiger partial charge in [0, 0.05) is 49.7 Å². The van der Waals surface area contributed by atoms with Crippen LogP contribution in [0, 0.1) is 5.82 Å². The minimum absolute atomic E-state index is 0.0598. The summed E-state index contributed by atoms with van der Waals surface area (Å²) in [5.74, 6) is 0.978. The summed E-state index contributed by atoms with van der Waals surface area (Å²) in [5.41, 5.74) is 2.77. The molecule has 1 fully saturated rings. The number of piperidine rings is 1. The molecule has 1 aliphatic heterocycles. The van der Waals surface area contributed by atoms with Crippen molar-refractivity contribution in [2.75, 3.05) is 39.7 Å². The molecule has 0 saturated carbocycles. The Morgan fingerprint density at radius 1 is 0.974 bits per heavy atom. The maximum atomic E-state index is 13.4. The Morgan fingerprint density at radius 2 is 1.66 bits per heavy atom. The van der Waals surface area contributed by atoms with Gasteiger partial charge in [0.2, 0.25) is 11.7 Å². The standard InChI is InChI=1S/C29H32FN3O5/c1-32-18-22(30)17-24(32)29(35)31-23-9-5-19(6-10-23)20-13-15-33(16-14-20)26(34)12-8-21-7-11-25(36-2)28(38-4)27(21)37-3/h5-12,17-18,20H,13-16H2,1-4H3,(H,31,35)/b12-8+. The first-order valence-corrected chi connectivity index (χ1v) is 12.3. The highest BCUT2D eigenvalue weighted by atomic mass is 19.1. The van der Waals surface area contributed by atoms with Crippen LogP contribution in [-0.4, -0.2) is 55.7 Å². The molecule has 4 rings (SSSR count). The van der Waals surface area contributed by atoms with Crippen LogP contribution >= 0.6 is 0 Å². The van der Waals surface area contributed by atoms with E-state index in [1.165, 1.54) is 16.8 Å². The lowest BCUT2D eigenvalue weighted by atomic mass is 9.89. The topological polar surface area (TPSA) is 82.0 Å². The van der Waals surface area contributed by atoms with Crippen molar-refractivity contribution < 1.29 is 28.2 Å². The number of hydrogen-bond donors (Lipinski definition) is 1. The van der Waals surface area contributed by atoms with Crippen LogP contribution in [0.25, 0.3) is 6.08 Å². The molecular formula is C29H32FN3O5. The minimum Gasteiger partial charge on any atom is -0.493 e. The number of halogens is 1. The first-order chi connectivity index (χ1) is 18.3. The Labute approximate surface area is 221 Å². The van der Waals surface area contributed by atoms with Gasteiger partial charge in [-0.25, -0.2) is 4.39 Å². The van der Waals surface area contributed by atoms with Gasteiger partial charge in [0.15, 0.2) is 11.5 Å². The van der Waals surface area contributed by atoms with E-state index in [-0.39, 0.29) is 17.5 Å². The molecule has 0 radical (unpaired) electrons. The van der Waals surface area contributed by atoms with Crippen LogP contribution in [0.4, 0.5) is 10.1 Å². The number of methoxy groups -OCH3 is 3. The maximum Gasteiger partial charge on any atom is 0.272 e. The third-order valence-electron chi connectivity index (χ3n) is 6.79. The zero-order valence-electron chi connectivity index (χ0n) is 22.0. The van der Waals surface area contributed by atoms with Crippen LogP contribution in [0.15, 0.2) is 54.7 Å². The molecule has 200 valence electrons. The van der Waals surface area contributed by atoms with E-state index in [1.54, 1.807) is 46.6 Å². The molecule has 0 unspecified atom stereocenters. The molecule has 9 heteroatoms. The van der Waals surface area contributed by atoms with E-state index in [0.29, 0.717) is 41.9 Å². The second kappa shape index (κ2) is 11.9. The number of carbonyl (C=O) groups is 2. The highest BCUT2D eigenvalue weighted by molar-refractivity contribution is 6.03. The van der Waals surface area contributed by atoms with Gasteiger partial charge < -0.3 is 29.0 Å². The van der Waals surface area contributed by atoms with Crippen molar-refractivity contribution in [2.24, 2.45) is 7.05 Å². The van der Waals surface area contributed by atoms with E-state index in [9.17, 15) is 14.0 Å². The number of aryl methyl sites for hydroxylation is 1. The number of anilines is 1. The van der Waals surface area contributed by atoms with Crippen molar-refractivity contribution in [3.05, 3.63) is 77.4 Å². The molecule has 0 aliphatic carbocycles. The van der Waals surface area contributed by atoms with Gasteiger partial charge in [0.05, 0.1) is 21.3 Å². The predicted octanol–water partition coefficient (Wildman–Crippen LogP) is 4.86. The summed E-state index contributed by atoms with van der Waals surface area (Å²) in [6.45, 7) is 1.29. The maximum absolute atomic E-state index is 13.4. The Kier molecular flexibility index (Phi) is 8.35. The van der Waals surface area contributed by atoms with Crippen molar-refractivity contribution in [1.82, 2.24) is 9.47 Å². The Bertz CT molecular complexity index is 1320. The van der Waals surface area contributed by atoms with Gasteiger partial charge in [0.25, 0.3) is 5.91 Å². The quantitative estimate of drug-likeness (QED) is 0.428. The van der Waals surface area contributed by atoms with E-state index >= 15 is 0 Å². The molecule has 8 nitrogen and oxygen atoms in total. The van der Waals surface area contributed by atoms with Gasteiger partial charge in [-0.2, -0.15) is 0 Å². The van der Waals surface area contributed by atoms with Gasteiger partial charge in [-0.05, 0) is 54.7 Å². The van der Waals surface area contributed by atoms with Crippen molar-refractivity contribution >= 4 is 23.6 Å². The summed E-state index contributed by atoms with van der Waals surface area (Å²) in [6.07, 6.45) is 6.23. The smallest absolute Gasteiger partial charge is 0.272 e. The molecular weight excluding hydrogens is 489 g/mol. The second-order valence-corrected chi connectivity index (χ2v) is 9.09. The average Bonchev–Trinajstić information content (AvgIpc) is 3.29. The molecule has 1 saturated heterocycles. The second-order valence-electron chi connectivity index (χ2n) is 9.09. The highest BCUT2D eigenvalue weighted by Crippen LogP contribution is 2.40. The number of rotatable bonds is 8. The first kappa shape index (κ1) is 26.8. The lowest BCUT2D eigenvalue weighted by molar-refractivity contribution is -0.126. The van der Waals surface area contributed by atoms with E-state index < -0.39 is 5.82 Å². The number of aromatic nitrogens is 1. The fraction of sp³-hybridized carbons (Fsp3) is 0.310. The van der Waals surface area contributed by atoms with Crippen LogP contribution in [0.3, 0.4) is 0 Å². The van der Waals surface area contributed by atoms with Crippen LogP contribution in [0.2, 0.25) is 0 Å². The molecule has 0 atom stereocenters. The van der Waals surface area contributed by atoms with Crippen molar-refractivity contribution in [3.8, 4) is 17.2 Å². The summed E-state index contributed by atoms with van der Waals surface area (Å²) in [7, 11) is 6.27. The van der Waals surface area contributed by atoms with Crippen LogP contribution in [0.1, 0.15) is 40.4 Å². The molecule has 1 N–H and O–H groups in total. The monoisotopic (exact) mass is 521 g/mol. The number of nitrogens with zero attached hydrogens (tertiary/aromatic N) is 2. The fourth-order valence-electron chi connectivity index (χ4n) is 4.74. The number of hydrogen-bond acceptors (Lipinski definition) is 5. The normalized spacial score (nSPS) is 14.0. The molecule has 2 aromatic carbocycles. The van der Waals surface area contributed by atoms with Crippen molar-refractivity contribution in [3.63, 3.8) is 0 Å². The number of carbonyl (C=O) groups excluding carboxylic acids is 2. The highest BCUT2D eigenvalue weighted by Gasteiger charge is 2.23. The summed E-state index contributed by atoms with van der Waals surface area (Å²) in [6, 6.07) is 12.5. The number of likely N-dealkylation sites (tertiary alicyclic amines) is 1. The van der Waals surface area contributed by atoms with Crippen LogP contribution < -0.4 is 19.5 Å². The van der Waals surface area contributed by atoms with Crippen LogP contribution in [-0.2, 0) is 11.8 Å². The van der Waals surface area contributed by atoms with Gasteiger partial charge in [-0.3, -0.25) is 9.59 Å². The lowest BCUT2D eigenvalue weighted by Crippen LogP contribution is -2.36. The summed E-state index contributed by atoms with van der Waals surface area (Å²) in [5, 5.41) is 2.80. The molecule has 2 heterocycles. The number of ether oxygens (including phenoxy) is 3. The number of amides is 2. The molecule has 2 amide bonds. The van der Waals surface area contributed by atoms with E-state index in [2.05, 4.69) is 5.32 Å². The number of benzene rings is 2. The molecule has 38 heavy (non-hydrogen) atoms. The lowest BCUT2D eigenvalue weighted by Gasteiger charge is -2.31. The zero-order valence-corrected chi connectivity index (χ0v) is 22.0. The van der Waals surface area contributed by atoms with E-state index in [4.69, 9.17) is 14.2 Å². The predicted molar refractivity (Wildman–Crippen MR) is 143 cm³/mol. The largest absolute Gasteiger partial charge is 0.493 e. The molecule has 3 aromatic rings. The average molecular weight is 522 g/mol. The SMILES string of the molecule is COc1ccc(/C=C/C(=O)N2CCC(c3ccc(NC(=O)c4cc(F)cn4C)cc3)CC2)c(OC)c1OC. The van der Waals surface area contributed by atoms with E-state index in [1.807, 2.05) is 35.2 Å². The van der Waals surface area contributed by atoms with Gasteiger partial charge in [-0.1, -0.05) is 12.1 Å². The number of nitrogens with one attached hydrogen (secondary N) is 1. The Morgan fingerprint density at radius 3 is 2.24 bits per heavy atom. The molecule has 1 aliphatic rings. The first-order valence-electron chi connectivity index (χ1n) is 12.3. The summed E-state index contributed by atoms with van der Waals surface area (Å²) < 4.78 is 31.1. The minimum atomic E-state index is -0.450. The van der Waals surface area contributed by atoms with Gasteiger partial charge in [-0.15, -0.1) is 0 Å². The van der Waals surface area contributed by atoms with E-state index in [0.717, 1.165) is 24.0 Å². The third-order valence-corrected chi connectivity index (χ3v) is 6.79. The van der Waals surface area contributed by atoms with Gasteiger partial charge >= 0.3 is 0 Å². The fourth-order valence-corrected chi connectivity index (χ4v) is 4.74. The molecule has 0 spiro atoms. The van der Waals surface area contributed by atoms with Gasteiger partial charge in [0.1, 0.15) is 11.5 Å². The van der Waals surface area contributed by atoms with Crippen molar-refractivity contribution in [2.45, 2.75) is 18.8 Å². The molecule has 0 bridgehead atoms. The Balaban J connectivity index is 1.33. The van der Waals surface area contributed by atoms with Crippen molar-refractivity contribution in [1.29, 1.82) is 0 Å². The van der Waals surface area contributed by atoms with Crippen LogP contribution in [0.5, 0.6) is 17.2 Å².